The van der Waals surface area contributed by atoms with E-state index in [1.165, 1.54) is 27.8 Å². The predicted octanol–water partition coefficient (Wildman–Crippen LogP) is 5.86. The van der Waals surface area contributed by atoms with Crippen LogP contribution < -0.4 is 0 Å². The van der Waals surface area contributed by atoms with Crippen molar-refractivity contribution in [2.75, 3.05) is 0 Å². The first-order chi connectivity index (χ1) is 12.7. The van der Waals surface area contributed by atoms with E-state index in [4.69, 9.17) is 10.4 Å². The van der Waals surface area contributed by atoms with Crippen molar-refractivity contribution >= 4 is 5.71 Å². The first-order valence-electron chi connectivity index (χ1n) is 9.88. The molecule has 3 aliphatic carbocycles. The number of nitrogens with zero attached hydrogens (tertiary/aromatic N) is 1. The van der Waals surface area contributed by atoms with Crippen LogP contribution in [0.2, 0.25) is 0 Å². The highest BCUT2D eigenvalue weighted by molar-refractivity contribution is 6.11. The van der Waals surface area contributed by atoms with Crippen molar-refractivity contribution in [1.82, 2.24) is 4.98 Å². The monoisotopic (exact) mass is 354 g/mol. The topological polar surface area (TPSA) is 36.7 Å². The van der Waals surface area contributed by atoms with Crippen molar-refractivity contribution in [1.29, 1.82) is 5.41 Å². The minimum absolute atomic E-state index is 0.0745. The van der Waals surface area contributed by atoms with Gasteiger partial charge in [0.1, 0.15) is 0 Å². The van der Waals surface area contributed by atoms with Gasteiger partial charge in [0.05, 0.1) is 11.4 Å². The maximum absolute atomic E-state index is 8.95. The summed E-state index contributed by atoms with van der Waals surface area (Å²) in [6, 6.07) is 8.86. The van der Waals surface area contributed by atoms with Gasteiger partial charge in [0.2, 0.25) is 0 Å². The Morgan fingerprint density at radius 1 is 1.07 bits per heavy atom. The zero-order chi connectivity index (χ0) is 19.1. The lowest BCUT2D eigenvalue weighted by Crippen LogP contribution is -2.23. The van der Waals surface area contributed by atoms with Gasteiger partial charge in [-0.1, -0.05) is 63.6 Å². The van der Waals surface area contributed by atoms with Crippen LogP contribution in [0.3, 0.4) is 0 Å². The molecule has 2 atom stereocenters. The molecule has 1 N–H and O–H groups in total. The third-order valence-corrected chi connectivity index (χ3v) is 6.77. The summed E-state index contributed by atoms with van der Waals surface area (Å²) in [5.74, 6) is 0.374. The Bertz CT molecular complexity index is 1080. The first-order valence-corrected chi connectivity index (χ1v) is 9.88. The summed E-state index contributed by atoms with van der Waals surface area (Å²) in [5, 5.41) is 8.95. The number of fused-ring (bicyclic) bond motifs is 7. The van der Waals surface area contributed by atoms with Gasteiger partial charge in [0.25, 0.3) is 0 Å². The highest BCUT2D eigenvalue weighted by atomic mass is 14.8. The number of hydrogen-bond acceptors (Lipinski definition) is 2. The summed E-state index contributed by atoms with van der Waals surface area (Å²) in [7, 11) is 0. The molecule has 1 fully saturated rings. The standard InChI is InChI=1S/C25H26N2/c1-14-6-11-20(26)21-19(25(5)13-16(25)12-14)10-9-17-18-8-7-15(2)27-23(18)24(3,4)22(17)21/h6-12,14,26H,13H2,1-5H3/b11-6-,16-12+,26-20?. The number of nitrogens with one attached hydrogen (secondary N) is 1. The second-order valence-corrected chi connectivity index (χ2v) is 9.22. The van der Waals surface area contributed by atoms with Crippen LogP contribution in [0.15, 0.2) is 48.1 Å². The van der Waals surface area contributed by atoms with Crippen molar-refractivity contribution in [2.24, 2.45) is 5.92 Å². The number of aryl methyl sites for hydroxylation is 1. The summed E-state index contributed by atoms with van der Waals surface area (Å²) >= 11 is 0. The molecule has 0 aliphatic heterocycles. The molecule has 0 spiro atoms. The van der Waals surface area contributed by atoms with Gasteiger partial charge in [0.15, 0.2) is 0 Å². The maximum atomic E-state index is 8.95. The van der Waals surface area contributed by atoms with Crippen LogP contribution in [0.4, 0.5) is 0 Å². The van der Waals surface area contributed by atoms with Gasteiger partial charge < -0.3 is 5.41 Å². The summed E-state index contributed by atoms with van der Waals surface area (Å²) in [6.07, 6.45) is 7.67. The lowest BCUT2D eigenvalue weighted by molar-refractivity contribution is 0.630. The number of benzene rings is 1. The van der Waals surface area contributed by atoms with E-state index in [-0.39, 0.29) is 10.8 Å². The van der Waals surface area contributed by atoms with Gasteiger partial charge in [-0.2, -0.15) is 0 Å². The fraction of sp³-hybridized carbons (Fsp3) is 0.360. The van der Waals surface area contributed by atoms with E-state index >= 15 is 0 Å². The van der Waals surface area contributed by atoms with E-state index in [1.807, 2.05) is 6.08 Å². The Hall–Kier alpha value is -2.48. The minimum atomic E-state index is -0.197. The molecule has 1 aromatic heterocycles. The van der Waals surface area contributed by atoms with E-state index in [0.717, 1.165) is 23.4 Å². The SMILES string of the molecule is Cc1ccc2c(n1)C(C)(C)c1c-2ccc2c1C(=N)/C=C\C(C)/C=C1\CC12C. The Kier molecular flexibility index (Phi) is 3.13. The molecule has 0 saturated heterocycles. The average Bonchev–Trinajstić information content (AvgIpc) is 3.20. The fourth-order valence-electron chi connectivity index (χ4n) is 5.14. The molecule has 1 aromatic carbocycles. The summed E-state index contributed by atoms with van der Waals surface area (Å²) in [4.78, 5) is 4.91. The van der Waals surface area contributed by atoms with Gasteiger partial charge in [-0.05, 0) is 48.1 Å². The number of allylic oxidation sites excluding steroid dienone is 4. The van der Waals surface area contributed by atoms with Gasteiger partial charge in [0, 0.05) is 27.7 Å². The number of pyridine rings is 1. The first kappa shape index (κ1) is 16.7. The molecule has 5 rings (SSSR count). The van der Waals surface area contributed by atoms with Crippen LogP contribution in [-0.2, 0) is 10.8 Å². The predicted molar refractivity (Wildman–Crippen MR) is 112 cm³/mol. The number of rotatable bonds is 0. The van der Waals surface area contributed by atoms with Gasteiger partial charge >= 0.3 is 0 Å². The number of aromatic nitrogens is 1. The normalized spacial score (nSPS) is 29.9. The Balaban J connectivity index is 1.85. The molecule has 2 aromatic rings. The molecule has 2 heteroatoms. The quantitative estimate of drug-likeness (QED) is 0.591. The zero-order valence-corrected chi connectivity index (χ0v) is 16.8. The fourth-order valence-corrected chi connectivity index (χ4v) is 5.14. The van der Waals surface area contributed by atoms with E-state index in [0.29, 0.717) is 11.6 Å². The molecule has 1 saturated carbocycles. The lowest BCUT2D eigenvalue weighted by atomic mass is 9.77. The van der Waals surface area contributed by atoms with E-state index in [9.17, 15) is 0 Å². The minimum Gasteiger partial charge on any atom is -0.300 e. The van der Waals surface area contributed by atoms with E-state index < -0.39 is 0 Å². The molecule has 27 heavy (non-hydrogen) atoms. The molecule has 1 heterocycles. The third kappa shape index (κ3) is 2.13. The highest BCUT2D eigenvalue weighted by Crippen LogP contribution is 2.58. The molecule has 0 radical (unpaired) electrons. The van der Waals surface area contributed by atoms with Crippen molar-refractivity contribution in [3.63, 3.8) is 0 Å². The molecule has 136 valence electrons. The molecule has 3 aliphatic rings. The summed E-state index contributed by atoms with van der Waals surface area (Å²) in [6.45, 7) is 11.1. The van der Waals surface area contributed by atoms with Gasteiger partial charge in [-0.15, -0.1) is 0 Å². The third-order valence-electron chi connectivity index (χ3n) is 6.77. The highest BCUT2D eigenvalue weighted by Gasteiger charge is 2.50. The molecule has 0 amide bonds. The molecule has 2 unspecified atom stereocenters. The van der Waals surface area contributed by atoms with Crippen LogP contribution in [0.25, 0.3) is 11.1 Å². The summed E-state index contributed by atoms with van der Waals surface area (Å²) < 4.78 is 0. The molecule has 2 nitrogen and oxygen atoms in total. The van der Waals surface area contributed by atoms with Gasteiger partial charge in [-0.25, -0.2) is 0 Å². The summed E-state index contributed by atoms with van der Waals surface area (Å²) in [5.41, 5.74) is 10.4. The second-order valence-electron chi connectivity index (χ2n) is 9.22. The largest absolute Gasteiger partial charge is 0.300 e. The van der Waals surface area contributed by atoms with Crippen LogP contribution in [-0.4, -0.2) is 10.7 Å². The smallest absolute Gasteiger partial charge is 0.0615 e. The zero-order valence-electron chi connectivity index (χ0n) is 16.8. The number of hydrogen-bond donors (Lipinski definition) is 1. The van der Waals surface area contributed by atoms with Crippen LogP contribution in [0.1, 0.15) is 62.2 Å². The molecule has 0 bridgehead atoms. The van der Waals surface area contributed by atoms with Crippen LogP contribution in [0.5, 0.6) is 0 Å². The van der Waals surface area contributed by atoms with Crippen LogP contribution >= 0.6 is 0 Å². The second kappa shape index (κ2) is 5.07. The van der Waals surface area contributed by atoms with E-state index in [2.05, 4.69) is 71.0 Å². The van der Waals surface area contributed by atoms with Crippen molar-refractivity contribution in [3.05, 3.63) is 76.1 Å². The Morgan fingerprint density at radius 3 is 2.59 bits per heavy atom. The van der Waals surface area contributed by atoms with Gasteiger partial charge in [-0.3, -0.25) is 4.98 Å². The van der Waals surface area contributed by atoms with E-state index in [1.54, 1.807) is 0 Å². The average molecular weight is 354 g/mol. The lowest BCUT2D eigenvalue weighted by Gasteiger charge is -2.26. The van der Waals surface area contributed by atoms with Crippen molar-refractivity contribution in [3.8, 4) is 11.1 Å². The van der Waals surface area contributed by atoms with Crippen LogP contribution in [0, 0.1) is 18.3 Å². The maximum Gasteiger partial charge on any atom is 0.0615 e. The molecular weight excluding hydrogens is 328 g/mol. The van der Waals surface area contributed by atoms with Crippen molar-refractivity contribution < 1.29 is 0 Å². The Labute approximate surface area is 161 Å². The Morgan fingerprint density at radius 2 is 1.81 bits per heavy atom. The molecular formula is C25H26N2. The van der Waals surface area contributed by atoms with Crippen molar-refractivity contribution in [2.45, 2.75) is 51.9 Å².